The summed E-state index contributed by atoms with van der Waals surface area (Å²) in [6, 6.07) is 0.503. The summed E-state index contributed by atoms with van der Waals surface area (Å²) >= 11 is 0. The minimum absolute atomic E-state index is 0.0458. The van der Waals surface area contributed by atoms with Crippen LogP contribution in [0.3, 0.4) is 0 Å². The summed E-state index contributed by atoms with van der Waals surface area (Å²) in [5, 5.41) is 13.6. The van der Waals surface area contributed by atoms with Gasteiger partial charge >= 0.3 is 0 Å². The van der Waals surface area contributed by atoms with Gasteiger partial charge < -0.3 is 10.4 Å². The average Bonchev–Trinajstić information content (AvgIpc) is 2.91. The number of likely N-dealkylation sites (tertiary alicyclic amines) is 1. The first-order chi connectivity index (χ1) is 8.52. The normalized spacial score (nSPS) is 37.5. The first-order valence-electron chi connectivity index (χ1n) is 7.69. The summed E-state index contributed by atoms with van der Waals surface area (Å²) in [6.45, 7) is 12.5. The van der Waals surface area contributed by atoms with Crippen LogP contribution in [0.4, 0.5) is 0 Å². The Morgan fingerprint density at radius 1 is 1.33 bits per heavy atom. The second kappa shape index (κ2) is 5.48. The monoisotopic (exact) mass is 254 g/mol. The largest absolute Gasteiger partial charge is 0.393 e. The average molecular weight is 254 g/mol. The molecular weight excluding hydrogens is 224 g/mol. The molecule has 5 unspecified atom stereocenters. The lowest BCUT2D eigenvalue weighted by Gasteiger charge is -2.44. The lowest BCUT2D eigenvalue weighted by molar-refractivity contribution is 0.0659. The Kier molecular flexibility index (Phi) is 4.35. The molecule has 106 valence electrons. The van der Waals surface area contributed by atoms with E-state index in [0.29, 0.717) is 12.0 Å². The van der Waals surface area contributed by atoms with Crippen LogP contribution >= 0.6 is 0 Å². The summed E-state index contributed by atoms with van der Waals surface area (Å²) in [7, 11) is 0. The minimum atomic E-state index is -0.0458. The standard InChI is InChI=1S/C15H30N2O/c1-5-15(4,11(3)16-6-2)17-9-12-7-8-14(18)13(12)10-17/h11-14,16,18H,5-10H2,1-4H3. The Morgan fingerprint density at radius 2 is 2.06 bits per heavy atom. The molecule has 18 heavy (non-hydrogen) atoms. The Morgan fingerprint density at radius 3 is 2.61 bits per heavy atom. The van der Waals surface area contributed by atoms with E-state index >= 15 is 0 Å². The number of likely N-dealkylation sites (N-methyl/N-ethyl adjacent to an activating group) is 1. The van der Waals surface area contributed by atoms with Crippen molar-refractivity contribution in [1.82, 2.24) is 10.2 Å². The fourth-order valence-electron chi connectivity index (χ4n) is 3.98. The molecule has 0 aromatic rings. The molecule has 2 aliphatic rings. The maximum atomic E-state index is 10.1. The van der Waals surface area contributed by atoms with Crippen molar-refractivity contribution >= 4 is 0 Å². The first kappa shape index (κ1) is 14.3. The van der Waals surface area contributed by atoms with Gasteiger partial charge in [-0.05, 0) is 45.6 Å². The highest BCUT2D eigenvalue weighted by molar-refractivity contribution is 5.02. The molecule has 3 nitrogen and oxygen atoms in total. The quantitative estimate of drug-likeness (QED) is 0.786. The zero-order valence-corrected chi connectivity index (χ0v) is 12.4. The lowest BCUT2D eigenvalue weighted by Crippen LogP contribution is -2.57. The van der Waals surface area contributed by atoms with Crippen LogP contribution in [0, 0.1) is 11.8 Å². The van der Waals surface area contributed by atoms with Crippen molar-refractivity contribution in [1.29, 1.82) is 0 Å². The van der Waals surface area contributed by atoms with Gasteiger partial charge in [-0.3, -0.25) is 4.90 Å². The van der Waals surface area contributed by atoms with E-state index in [0.717, 1.165) is 31.8 Å². The molecule has 1 heterocycles. The van der Waals surface area contributed by atoms with Crippen LogP contribution in [0.2, 0.25) is 0 Å². The third kappa shape index (κ3) is 2.33. The van der Waals surface area contributed by atoms with Gasteiger partial charge in [-0.2, -0.15) is 0 Å². The predicted molar refractivity (Wildman–Crippen MR) is 75.6 cm³/mol. The first-order valence-corrected chi connectivity index (χ1v) is 7.69. The van der Waals surface area contributed by atoms with Crippen LogP contribution in [0.15, 0.2) is 0 Å². The molecule has 0 amide bonds. The fourth-order valence-corrected chi connectivity index (χ4v) is 3.98. The summed E-state index contributed by atoms with van der Waals surface area (Å²) < 4.78 is 0. The van der Waals surface area contributed by atoms with Gasteiger partial charge in [-0.25, -0.2) is 0 Å². The molecule has 0 bridgehead atoms. The number of fused-ring (bicyclic) bond motifs is 1. The molecule has 2 N–H and O–H groups in total. The van der Waals surface area contributed by atoms with E-state index in [1.807, 2.05) is 0 Å². The molecular formula is C15H30N2O. The van der Waals surface area contributed by atoms with Gasteiger partial charge in [0.15, 0.2) is 0 Å². The van der Waals surface area contributed by atoms with Crippen LogP contribution in [0.25, 0.3) is 0 Å². The zero-order chi connectivity index (χ0) is 13.3. The van der Waals surface area contributed by atoms with Crippen LogP contribution < -0.4 is 5.32 Å². The Balaban J connectivity index is 2.06. The van der Waals surface area contributed by atoms with Crippen LogP contribution in [0.5, 0.6) is 0 Å². The Hall–Kier alpha value is -0.120. The van der Waals surface area contributed by atoms with Crippen molar-refractivity contribution in [2.45, 2.75) is 64.6 Å². The number of aliphatic hydroxyl groups is 1. The molecule has 1 saturated heterocycles. The smallest absolute Gasteiger partial charge is 0.0583 e. The van der Waals surface area contributed by atoms with Crippen LogP contribution in [-0.4, -0.2) is 47.3 Å². The molecule has 2 fully saturated rings. The molecule has 2 rings (SSSR count). The summed E-state index contributed by atoms with van der Waals surface area (Å²) in [6.07, 6.45) is 3.36. The fraction of sp³-hybridized carbons (Fsp3) is 1.00. The molecule has 0 spiro atoms. The van der Waals surface area contributed by atoms with Crippen LogP contribution in [-0.2, 0) is 0 Å². The van der Waals surface area contributed by atoms with Crippen molar-refractivity contribution in [3.8, 4) is 0 Å². The molecule has 1 aliphatic heterocycles. The van der Waals surface area contributed by atoms with Crippen molar-refractivity contribution in [3.05, 3.63) is 0 Å². The highest BCUT2D eigenvalue weighted by Gasteiger charge is 2.47. The molecule has 3 heteroatoms. The highest BCUT2D eigenvalue weighted by atomic mass is 16.3. The maximum Gasteiger partial charge on any atom is 0.0583 e. The number of aliphatic hydroxyl groups excluding tert-OH is 1. The van der Waals surface area contributed by atoms with Gasteiger partial charge in [0, 0.05) is 30.6 Å². The van der Waals surface area contributed by atoms with Gasteiger partial charge in [0.1, 0.15) is 0 Å². The Bertz CT molecular complexity index is 284. The van der Waals surface area contributed by atoms with Crippen molar-refractivity contribution in [3.63, 3.8) is 0 Å². The SMILES string of the molecule is CCNC(C)C(C)(CC)N1CC2CCC(O)C2C1. The topological polar surface area (TPSA) is 35.5 Å². The summed E-state index contributed by atoms with van der Waals surface area (Å²) in [4.78, 5) is 2.64. The molecule has 0 radical (unpaired) electrons. The molecule has 1 saturated carbocycles. The molecule has 0 aromatic heterocycles. The molecule has 0 aromatic carbocycles. The molecule has 5 atom stereocenters. The second-order valence-electron chi connectivity index (χ2n) is 6.46. The van der Waals surface area contributed by atoms with E-state index in [9.17, 15) is 5.11 Å². The number of rotatable bonds is 5. The van der Waals surface area contributed by atoms with E-state index in [1.54, 1.807) is 0 Å². The highest BCUT2D eigenvalue weighted by Crippen LogP contribution is 2.42. The zero-order valence-electron chi connectivity index (χ0n) is 12.4. The van der Waals surface area contributed by atoms with Crippen molar-refractivity contribution in [2.75, 3.05) is 19.6 Å². The predicted octanol–water partition coefficient (Wildman–Crippen LogP) is 1.86. The van der Waals surface area contributed by atoms with Gasteiger partial charge in [-0.15, -0.1) is 0 Å². The number of hydrogen-bond donors (Lipinski definition) is 2. The van der Waals surface area contributed by atoms with Crippen molar-refractivity contribution < 1.29 is 5.11 Å². The van der Waals surface area contributed by atoms with Gasteiger partial charge in [0.2, 0.25) is 0 Å². The number of hydrogen-bond acceptors (Lipinski definition) is 3. The van der Waals surface area contributed by atoms with Crippen molar-refractivity contribution in [2.24, 2.45) is 11.8 Å². The number of nitrogens with one attached hydrogen (secondary N) is 1. The maximum absolute atomic E-state index is 10.1. The summed E-state index contributed by atoms with van der Waals surface area (Å²) in [5.74, 6) is 1.27. The van der Waals surface area contributed by atoms with Gasteiger partial charge in [0.25, 0.3) is 0 Å². The van der Waals surface area contributed by atoms with Crippen LogP contribution in [0.1, 0.15) is 47.0 Å². The Labute approximate surface area is 112 Å². The van der Waals surface area contributed by atoms with E-state index in [1.165, 1.54) is 13.0 Å². The molecule has 1 aliphatic carbocycles. The minimum Gasteiger partial charge on any atom is -0.393 e. The number of nitrogens with zero attached hydrogens (tertiary/aromatic N) is 1. The van der Waals surface area contributed by atoms with E-state index < -0.39 is 0 Å². The van der Waals surface area contributed by atoms with Gasteiger partial charge in [-0.1, -0.05) is 13.8 Å². The third-order valence-corrected chi connectivity index (χ3v) is 5.70. The van der Waals surface area contributed by atoms with E-state index in [-0.39, 0.29) is 11.6 Å². The van der Waals surface area contributed by atoms with E-state index in [4.69, 9.17) is 0 Å². The summed E-state index contributed by atoms with van der Waals surface area (Å²) in [5.41, 5.74) is 0.222. The van der Waals surface area contributed by atoms with E-state index in [2.05, 4.69) is 37.9 Å². The lowest BCUT2D eigenvalue weighted by atomic mass is 9.88. The third-order valence-electron chi connectivity index (χ3n) is 5.70. The van der Waals surface area contributed by atoms with Gasteiger partial charge in [0.05, 0.1) is 6.10 Å². The second-order valence-corrected chi connectivity index (χ2v) is 6.46.